The van der Waals surface area contributed by atoms with Gasteiger partial charge in [-0.1, -0.05) is 86.6 Å². The molecule has 1 aromatic carbocycles. The van der Waals surface area contributed by atoms with Crippen LogP contribution in [0.5, 0.6) is 11.5 Å². The normalized spacial score (nSPS) is 11.9. The van der Waals surface area contributed by atoms with Gasteiger partial charge in [0.05, 0.1) is 19.0 Å². The lowest BCUT2D eigenvalue weighted by molar-refractivity contribution is -0.143. The highest BCUT2D eigenvalue weighted by Gasteiger charge is 2.30. The zero-order chi connectivity index (χ0) is 27.9. The van der Waals surface area contributed by atoms with Gasteiger partial charge in [0.2, 0.25) is 0 Å². The van der Waals surface area contributed by atoms with Crippen LogP contribution in [0.4, 0.5) is 0 Å². The number of hydrogen-bond acceptors (Lipinski definition) is 5. The van der Waals surface area contributed by atoms with Crippen LogP contribution in [0.25, 0.3) is 0 Å². The smallest absolute Gasteiger partial charge is 0.305 e. The van der Waals surface area contributed by atoms with Crippen molar-refractivity contribution in [2.24, 2.45) is 0 Å². The number of unbranched alkanes of at least 4 members (excludes halogenated alkanes) is 6. The second kappa shape index (κ2) is 16.6. The third kappa shape index (κ3) is 12.3. The van der Waals surface area contributed by atoms with Gasteiger partial charge in [-0.25, -0.2) is 0 Å². The van der Waals surface area contributed by atoms with E-state index in [0.717, 1.165) is 37.9 Å². The van der Waals surface area contributed by atoms with Crippen LogP contribution in [0.3, 0.4) is 0 Å². The number of esters is 1. The lowest BCUT2D eigenvalue weighted by Crippen LogP contribution is -2.21. The third-order valence-electron chi connectivity index (χ3n) is 7.35. The molecule has 0 saturated carbocycles. The lowest BCUT2D eigenvalue weighted by atomic mass is 9.75. The maximum Gasteiger partial charge on any atom is 0.305 e. The fraction of sp³-hybridized carbons (Fsp3) is 0.719. The minimum Gasteiger partial charge on any atom is -0.508 e. The summed E-state index contributed by atoms with van der Waals surface area (Å²) in [6.45, 7) is 17.8. The van der Waals surface area contributed by atoms with E-state index in [-0.39, 0.29) is 22.9 Å². The Balaban J connectivity index is 2.66. The van der Waals surface area contributed by atoms with Crippen molar-refractivity contribution in [1.29, 1.82) is 0 Å². The topological polar surface area (TPSA) is 76.0 Å². The summed E-state index contributed by atoms with van der Waals surface area (Å²) in [5.41, 5.74) is 0.648. The molecule has 0 unspecified atom stereocenters. The van der Waals surface area contributed by atoms with E-state index in [9.17, 15) is 15.0 Å². The summed E-state index contributed by atoms with van der Waals surface area (Å²) in [6, 6.07) is 3.39. The van der Waals surface area contributed by atoms with E-state index in [0.29, 0.717) is 50.0 Å². The molecule has 2 N–H and O–H groups in total. The van der Waals surface area contributed by atoms with Crippen molar-refractivity contribution in [3.63, 3.8) is 0 Å². The van der Waals surface area contributed by atoms with Crippen LogP contribution in [0.15, 0.2) is 24.5 Å². The minimum absolute atomic E-state index is 0.164. The highest BCUT2D eigenvalue weighted by atomic mass is 16.5. The number of allylic oxidation sites excluding steroid dienone is 1. The van der Waals surface area contributed by atoms with Crippen molar-refractivity contribution in [2.45, 2.75) is 136 Å². The van der Waals surface area contributed by atoms with E-state index in [1.54, 1.807) is 12.1 Å². The van der Waals surface area contributed by atoms with Gasteiger partial charge in [-0.05, 0) is 55.1 Å². The molecule has 0 aromatic heterocycles. The average Bonchev–Trinajstić information content (AvgIpc) is 2.83. The van der Waals surface area contributed by atoms with Crippen molar-refractivity contribution < 1.29 is 24.5 Å². The number of hydrogen-bond donors (Lipinski definition) is 2. The average molecular weight is 519 g/mol. The molecule has 0 aliphatic heterocycles. The summed E-state index contributed by atoms with van der Waals surface area (Å²) in [5.74, 6) is 0.965. The molecule has 0 spiro atoms. The SMILES string of the molecule is C=C(CCC(C)(C)c1cc(O)c(C(C)(C)CCCC(=O)OCCCCCC)cc1O)OCCCCCC. The molecule has 212 valence electrons. The van der Waals surface area contributed by atoms with E-state index in [1.807, 2.05) is 13.8 Å². The Morgan fingerprint density at radius 1 is 0.730 bits per heavy atom. The molecule has 0 heterocycles. The predicted octanol–water partition coefficient (Wildman–Crippen LogP) is 8.84. The Kier molecular flexibility index (Phi) is 14.8. The number of rotatable bonds is 20. The predicted molar refractivity (Wildman–Crippen MR) is 153 cm³/mol. The second-order valence-corrected chi connectivity index (χ2v) is 11.7. The first kappa shape index (κ1) is 32.9. The van der Waals surface area contributed by atoms with Gasteiger partial charge in [-0.15, -0.1) is 0 Å². The van der Waals surface area contributed by atoms with Crippen LogP contribution in [0.2, 0.25) is 0 Å². The third-order valence-corrected chi connectivity index (χ3v) is 7.35. The molecule has 0 atom stereocenters. The first-order valence-corrected chi connectivity index (χ1v) is 14.5. The highest BCUT2D eigenvalue weighted by molar-refractivity contribution is 5.69. The van der Waals surface area contributed by atoms with Gasteiger partial charge in [0.15, 0.2) is 0 Å². The number of aromatic hydroxyl groups is 2. The van der Waals surface area contributed by atoms with Crippen molar-refractivity contribution in [3.05, 3.63) is 35.6 Å². The summed E-state index contributed by atoms with van der Waals surface area (Å²) < 4.78 is 11.1. The van der Waals surface area contributed by atoms with Crippen molar-refractivity contribution >= 4 is 5.97 Å². The van der Waals surface area contributed by atoms with E-state index in [4.69, 9.17) is 9.47 Å². The fourth-order valence-electron chi connectivity index (χ4n) is 4.66. The monoisotopic (exact) mass is 518 g/mol. The molecule has 0 aliphatic carbocycles. The van der Waals surface area contributed by atoms with Crippen molar-refractivity contribution in [2.75, 3.05) is 13.2 Å². The molecule has 0 fully saturated rings. The van der Waals surface area contributed by atoms with Crippen LogP contribution in [0, 0.1) is 0 Å². The van der Waals surface area contributed by atoms with Crippen LogP contribution < -0.4 is 0 Å². The number of ether oxygens (including phenoxy) is 2. The highest BCUT2D eigenvalue weighted by Crippen LogP contribution is 2.43. The first-order valence-electron chi connectivity index (χ1n) is 14.5. The van der Waals surface area contributed by atoms with Crippen molar-refractivity contribution in [3.8, 4) is 11.5 Å². The standard InChI is InChI=1S/C32H54O5/c1-8-10-12-14-21-36-25(3)18-20-32(6,7)27-24-28(33)26(23-29(27)34)31(4,5)19-16-17-30(35)37-22-15-13-11-9-2/h23-24,33-34H,3,8-22H2,1-2,4-7H3. The summed E-state index contributed by atoms with van der Waals surface area (Å²) in [4.78, 5) is 12.1. The molecule has 0 saturated heterocycles. The summed E-state index contributed by atoms with van der Waals surface area (Å²) in [5, 5.41) is 21.9. The number of phenolic OH excluding ortho intramolecular Hbond substituents is 2. The maximum absolute atomic E-state index is 12.1. The Labute approximate surface area is 226 Å². The molecule has 0 amide bonds. The van der Waals surface area contributed by atoms with Crippen molar-refractivity contribution in [1.82, 2.24) is 0 Å². The second-order valence-electron chi connectivity index (χ2n) is 11.7. The van der Waals surface area contributed by atoms with Gasteiger partial charge < -0.3 is 19.7 Å². The zero-order valence-electron chi connectivity index (χ0n) is 24.6. The maximum atomic E-state index is 12.1. The van der Waals surface area contributed by atoms with E-state index >= 15 is 0 Å². The number of benzene rings is 1. The molecule has 37 heavy (non-hydrogen) atoms. The Bertz CT molecular complexity index is 825. The molecule has 1 rings (SSSR count). The number of phenols is 2. The number of carbonyl (C=O) groups is 1. The minimum atomic E-state index is -0.397. The largest absolute Gasteiger partial charge is 0.508 e. The Morgan fingerprint density at radius 2 is 1.22 bits per heavy atom. The van der Waals surface area contributed by atoms with E-state index in [2.05, 4.69) is 34.3 Å². The lowest BCUT2D eigenvalue weighted by Gasteiger charge is -2.30. The quantitative estimate of drug-likeness (QED) is 0.0780. The zero-order valence-corrected chi connectivity index (χ0v) is 24.6. The van der Waals surface area contributed by atoms with Gasteiger partial charge >= 0.3 is 5.97 Å². The van der Waals surface area contributed by atoms with Crippen LogP contribution in [-0.4, -0.2) is 29.4 Å². The molecular weight excluding hydrogens is 464 g/mol. The summed E-state index contributed by atoms with van der Waals surface area (Å²) in [6.07, 6.45) is 12.2. The molecule has 5 heteroatoms. The van der Waals surface area contributed by atoms with Gasteiger partial charge in [0, 0.05) is 24.0 Å². The molecule has 5 nitrogen and oxygen atoms in total. The fourth-order valence-corrected chi connectivity index (χ4v) is 4.66. The molecule has 0 aliphatic rings. The summed E-state index contributed by atoms with van der Waals surface area (Å²) in [7, 11) is 0. The van der Waals surface area contributed by atoms with E-state index < -0.39 is 5.41 Å². The van der Waals surface area contributed by atoms with Gasteiger partial charge in [-0.2, -0.15) is 0 Å². The van der Waals surface area contributed by atoms with Gasteiger partial charge in [0.25, 0.3) is 0 Å². The molecule has 0 bridgehead atoms. The Hall–Kier alpha value is -2.17. The first-order chi connectivity index (χ1) is 17.4. The van der Waals surface area contributed by atoms with Crippen LogP contribution >= 0.6 is 0 Å². The van der Waals surface area contributed by atoms with Crippen LogP contribution in [0.1, 0.15) is 136 Å². The molecule has 0 radical (unpaired) electrons. The summed E-state index contributed by atoms with van der Waals surface area (Å²) >= 11 is 0. The number of carbonyl (C=O) groups excluding carboxylic acids is 1. The van der Waals surface area contributed by atoms with Gasteiger partial charge in [0.1, 0.15) is 11.5 Å². The van der Waals surface area contributed by atoms with Gasteiger partial charge in [-0.3, -0.25) is 4.79 Å². The van der Waals surface area contributed by atoms with E-state index in [1.165, 1.54) is 25.7 Å². The van der Waals surface area contributed by atoms with Crippen LogP contribution in [-0.2, 0) is 25.1 Å². The molecular formula is C32H54O5. The molecule has 1 aromatic rings. The Morgan fingerprint density at radius 3 is 1.73 bits per heavy atom.